The molecular formula is C15H30N2O2. The van der Waals surface area contributed by atoms with E-state index in [9.17, 15) is 0 Å². The predicted molar refractivity (Wildman–Crippen MR) is 77.5 cm³/mol. The minimum Gasteiger partial charge on any atom is -0.381 e. The molecule has 0 amide bonds. The lowest BCUT2D eigenvalue weighted by atomic mass is 9.79. The fraction of sp³-hybridized carbons (Fsp3) is 1.00. The van der Waals surface area contributed by atoms with E-state index in [1.54, 1.807) is 0 Å². The summed E-state index contributed by atoms with van der Waals surface area (Å²) in [5.74, 6) is 0. The van der Waals surface area contributed by atoms with E-state index in [1.807, 2.05) is 0 Å². The maximum atomic E-state index is 5.62. The summed E-state index contributed by atoms with van der Waals surface area (Å²) in [5.41, 5.74) is 0.402. The van der Waals surface area contributed by atoms with Gasteiger partial charge in [-0.2, -0.15) is 0 Å². The average Bonchev–Trinajstić information content (AvgIpc) is 2.47. The minimum absolute atomic E-state index is 0.402. The van der Waals surface area contributed by atoms with Crippen LogP contribution in [0.2, 0.25) is 0 Å². The highest BCUT2D eigenvalue weighted by Gasteiger charge is 2.36. The Balaban J connectivity index is 1.97. The van der Waals surface area contributed by atoms with Crippen LogP contribution in [0.1, 0.15) is 33.1 Å². The molecule has 1 unspecified atom stereocenters. The maximum Gasteiger partial charge on any atom is 0.0622 e. The number of ether oxygens (including phenoxy) is 2. The molecule has 2 aliphatic rings. The van der Waals surface area contributed by atoms with Crippen LogP contribution in [-0.2, 0) is 9.47 Å². The van der Waals surface area contributed by atoms with Crippen LogP contribution in [0.5, 0.6) is 0 Å². The van der Waals surface area contributed by atoms with E-state index in [0.29, 0.717) is 11.5 Å². The third-order valence-electron chi connectivity index (χ3n) is 4.66. The van der Waals surface area contributed by atoms with Crippen LogP contribution in [-0.4, -0.2) is 63.5 Å². The molecule has 2 heterocycles. The lowest BCUT2D eigenvalue weighted by Crippen LogP contribution is -2.53. The van der Waals surface area contributed by atoms with Crippen LogP contribution in [0.25, 0.3) is 0 Å². The summed E-state index contributed by atoms with van der Waals surface area (Å²) in [5, 5.41) is 3.57. The Hall–Kier alpha value is -0.160. The fourth-order valence-electron chi connectivity index (χ4n) is 3.29. The molecule has 0 aromatic heterocycles. The van der Waals surface area contributed by atoms with Gasteiger partial charge in [-0.15, -0.1) is 0 Å². The Morgan fingerprint density at radius 2 is 1.95 bits per heavy atom. The van der Waals surface area contributed by atoms with Crippen molar-refractivity contribution in [3.8, 4) is 0 Å². The van der Waals surface area contributed by atoms with E-state index in [4.69, 9.17) is 9.47 Å². The van der Waals surface area contributed by atoms with E-state index in [-0.39, 0.29) is 0 Å². The Kier molecular flexibility index (Phi) is 6.07. The summed E-state index contributed by atoms with van der Waals surface area (Å²) in [4.78, 5) is 2.66. The molecule has 112 valence electrons. The van der Waals surface area contributed by atoms with Gasteiger partial charge < -0.3 is 14.8 Å². The van der Waals surface area contributed by atoms with Crippen molar-refractivity contribution in [2.75, 3.05) is 52.6 Å². The van der Waals surface area contributed by atoms with Crippen LogP contribution < -0.4 is 5.32 Å². The molecule has 0 bridgehead atoms. The second-order valence-electron chi connectivity index (χ2n) is 6.00. The monoisotopic (exact) mass is 270 g/mol. The molecule has 0 aromatic rings. The van der Waals surface area contributed by atoms with Gasteiger partial charge in [0.15, 0.2) is 0 Å². The minimum atomic E-state index is 0.402. The molecule has 4 nitrogen and oxygen atoms in total. The van der Waals surface area contributed by atoms with E-state index in [2.05, 4.69) is 24.1 Å². The Morgan fingerprint density at radius 1 is 1.16 bits per heavy atom. The van der Waals surface area contributed by atoms with E-state index >= 15 is 0 Å². The lowest BCUT2D eigenvalue weighted by molar-refractivity contribution is -0.0543. The average molecular weight is 270 g/mol. The van der Waals surface area contributed by atoms with Crippen LogP contribution in [0, 0.1) is 5.41 Å². The Bertz CT molecular complexity index is 255. The lowest BCUT2D eigenvalue weighted by Gasteiger charge is -2.45. The topological polar surface area (TPSA) is 33.7 Å². The van der Waals surface area contributed by atoms with Crippen molar-refractivity contribution < 1.29 is 9.47 Å². The van der Waals surface area contributed by atoms with Gasteiger partial charge in [0.25, 0.3) is 0 Å². The van der Waals surface area contributed by atoms with E-state index < -0.39 is 0 Å². The third-order valence-corrected chi connectivity index (χ3v) is 4.66. The van der Waals surface area contributed by atoms with Crippen LogP contribution in [0.3, 0.4) is 0 Å². The molecule has 0 aromatic carbocycles. The summed E-state index contributed by atoms with van der Waals surface area (Å²) >= 11 is 0. The first-order valence-corrected chi connectivity index (χ1v) is 7.90. The summed E-state index contributed by atoms with van der Waals surface area (Å²) in [7, 11) is 0. The molecule has 0 aliphatic carbocycles. The smallest absolute Gasteiger partial charge is 0.0622 e. The molecule has 1 N–H and O–H groups in total. The number of hydrogen-bond acceptors (Lipinski definition) is 4. The molecule has 0 spiro atoms. The van der Waals surface area contributed by atoms with Gasteiger partial charge in [0.05, 0.1) is 13.2 Å². The molecule has 2 rings (SSSR count). The zero-order valence-corrected chi connectivity index (χ0v) is 12.6. The standard InChI is InChI=1S/C15H30N2O2/c1-3-14-11-19-10-7-17(14)13-15(12-16-4-2)5-8-18-9-6-15/h14,16H,3-13H2,1-2H3. The molecular weight excluding hydrogens is 240 g/mol. The number of hydrogen-bond donors (Lipinski definition) is 1. The number of nitrogens with zero attached hydrogens (tertiary/aromatic N) is 1. The SMILES string of the molecule is CCNCC1(CN2CCOCC2CC)CCOCC1. The highest BCUT2D eigenvalue weighted by Crippen LogP contribution is 2.32. The summed E-state index contributed by atoms with van der Waals surface area (Å²) in [6.45, 7) is 12.6. The van der Waals surface area contributed by atoms with Crippen molar-refractivity contribution in [3.63, 3.8) is 0 Å². The number of nitrogens with one attached hydrogen (secondary N) is 1. The molecule has 2 aliphatic heterocycles. The molecule has 2 fully saturated rings. The van der Waals surface area contributed by atoms with Gasteiger partial charge in [-0.25, -0.2) is 0 Å². The van der Waals surface area contributed by atoms with Crippen LogP contribution in [0.4, 0.5) is 0 Å². The highest BCUT2D eigenvalue weighted by atomic mass is 16.5. The zero-order chi connectivity index (χ0) is 13.6. The Labute approximate surface area is 117 Å². The summed E-state index contributed by atoms with van der Waals surface area (Å²) < 4.78 is 11.2. The molecule has 19 heavy (non-hydrogen) atoms. The largest absolute Gasteiger partial charge is 0.381 e. The van der Waals surface area contributed by atoms with Crippen molar-refractivity contribution in [3.05, 3.63) is 0 Å². The van der Waals surface area contributed by atoms with Gasteiger partial charge in [0.1, 0.15) is 0 Å². The van der Waals surface area contributed by atoms with Crippen molar-refractivity contribution in [1.29, 1.82) is 0 Å². The second kappa shape index (κ2) is 7.58. The third kappa shape index (κ3) is 4.15. The van der Waals surface area contributed by atoms with Gasteiger partial charge in [0, 0.05) is 38.9 Å². The summed E-state index contributed by atoms with van der Waals surface area (Å²) in [6, 6.07) is 0.607. The normalized spacial score (nSPS) is 28.4. The van der Waals surface area contributed by atoms with Gasteiger partial charge >= 0.3 is 0 Å². The molecule has 0 radical (unpaired) electrons. The van der Waals surface area contributed by atoms with Crippen molar-refractivity contribution in [2.45, 2.75) is 39.2 Å². The Morgan fingerprint density at radius 3 is 2.63 bits per heavy atom. The first-order valence-electron chi connectivity index (χ1n) is 7.90. The first kappa shape index (κ1) is 15.2. The van der Waals surface area contributed by atoms with E-state index in [1.165, 1.54) is 25.8 Å². The molecule has 4 heteroatoms. The maximum absolute atomic E-state index is 5.62. The number of rotatable bonds is 6. The predicted octanol–water partition coefficient (Wildman–Crippen LogP) is 1.50. The van der Waals surface area contributed by atoms with Gasteiger partial charge in [-0.1, -0.05) is 13.8 Å². The van der Waals surface area contributed by atoms with Crippen molar-refractivity contribution in [1.82, 2.24) is 10.2 Å². The number of morpholine rings is 1. The van der Waals surface area contributed by atoms with Crippen molar-refractivity contribution >= 4 is 0 Å². The summed E-state index contributed by atoms with van der Waals surface area (Å²) in [6.07, 6.45) is 3.56. The van der Waals surface area contributed by atoms with Gasteiger partial charge in [0.2, 0.25) is 0 Å². The first-order chi connectivity index (χ1) is 9.29. The highest BCUT2D eigenvalue weighted by molar-refractivity contribution is 4.89. The van der Waals surface area contributed by atoms with Crippen LogP contribution >= 0.6 is 0 Å². The second-order valence-corrected chi connectivity index (χ2v) is 6.00. The zero-order valence-electron chi connectivity index (χ0n) is 12.6. The van der Waals surface area contributed by atoms with Gasteiger partial charge in [-0.05, 0) is 31.2 Å². The molecule has 1 atom stereocenters. The molecule has 2 saturated heterocycles. The fourth-order valence-corrected chi connectivity index (χ4v) is 3.29. The quantitative estimate of drug-likeness (QED) is 0.793. The molecule has 0 saturated carbocycles. The van der Waals surface area contributed by atoms with Gasteiger partial charge in [-0.3, -0.25) is 4.90 Å². The van der Waals surface area contributed by atoms with E-state index in [0.717, 1.165) is 46.1 Å². The van der Waals surface area contributed by atoms with Crippen molar-refractivity contribution in [2.24, 2.45) is 5.41 Å². The van der Waals surface area contributed by atoms with Crippen LogP contribution in [0.15, 0.2) is 0 Å².